The Morgan fingerprint density at radius 3 is 1.35 bits per heavy atom. The van der Waals surface area contributed by atoms with Crippen LogP contribution >= 0.6 is 0 Å². The minimum absolute atomic E-state index is 0.821. The summed E-state index contributed by atoms with van der Waals surface area (Å²) < 4.78 is 13.3. The summed E-state index contributed by atoms with van der Waals surface area (Å²) in [5.74, 6) is 0. The van der Waals surface area contributed by atoms with Crippen molar-refractivity contribution in [2.24, 2.45) is 0 Å². The van der Waals surface area contributed by atoms with Crippen LogP contribution in [-0.2, 0) is 0 Å². The third-order valence-electron chi connectivity index (χ3n) is 13.8. The van der Waals surface area contributed by atoms with Crippen molar-refractivity contribution in [2.45, 2.75) is 0 Å². The Morgan fingerprint density at radius 2 is 0.788 bits per heavy atom. The molecule has 310 valence electrons. The maximum Gasteiger partial charge on any atom is 0.143 e. The summed E-state index contributed by atoms with van der Waals surface area (Å²) in [5.41, 5.74) is 21.2. The molecule has 5 heteroatoms. The number of rotatable bonds is 4. The molecule has 0 saturated heterocycles. The van der Waals surface area contributed by atoms with Crippen LogP contribution in [0.3, 0.4) is 0 Å². The van der Waals surface area contributed by atoms with E-state index in [0.717, 1.165) is 141 Å². The number of pyridine rings is 1. The molecular formula is C61H39N3O2. The van der Waals surface area contributed by atoms with Crippen molar-refractivity contribution in [2.75, 3.05) is 22.9 Å². The van der Waals surface area contributed by atoms with Gasteiger partial charge >= 0.3 is 0 Å². The number of fused-ring (bicyclic) bond motifs is 15. The van der Waals surface area contributed by atoms with Gasteiger partial charge in [0.1, 0.15) is 22.3 Å². The van der Waals surface area contributed by atoms with Gasteiger partial charge in [0.05, 0.1) is 17.1 Å². The molecule has 0 radical (unpaired) electrons. The summed E-state index contributed by atoms with van der Waals surface area (Å²) in [7, 11) is 0. The van der Waals surface area contributed by atoms with Crippen LogP contribution in [0.15, 0.2) is 221 Å². The molecule has 0 spiro atoms. The first-order valence-corrected chi connectivity index (χ1v) is 22.6. The predicted octanol–water partition coefficient (Wildman–Crippen LogP) is 16.5. The van der Waals surface area contributed by atoms with Gasteiger partial charge < -0.3 is 18.6 Å². The number of anilines is 4. The number of furan rings is 2. The number of nitrogens with zero attached hydrogens (tertiary/aromatic N) is 3. The second kappa shape index (κ2) is 14.4. The lowest BCUT2D eigenvalue weighted by molar-refractivity contribution is 0.669. The molecule has 0 unspecified atom stereocenters. The van der Waals surface area contributed by atoms with E-state index >= 15 is 0 Å². The van der Waals surface area contributed by atoms with Gasteiger partial charge in [0, 0.05) is 74.5 Å². The Balaban J connectivity index is 1.06. The lowest BCUT2D eigenvalue weighted by atomic mass is 9.80. The van der Waals surface area contributed by atoms with Crippen molar-refractivity contribution in [1.29, 1.82) is 0 Å². The van der Waals surface area contributed by atoms with E-state index in [-0.39, 0.29) is 0 Å². The lowest BCUT2D eigenvalue weighted by Crippen LogP contribution is -2.36. The maximum absolute atomic E-state index is 6.67. The molecular weight excluding hydrogens is 807 g/mol. The average molecular weight is 846 g/mol. The molecule has 1 aliphatic heterocycles. The predicted molar refractivity (Wildman–Crippen MR) is 272 cm³/mol. The van der Waals surface area contributed by atoms with Crippen molar-refractivity contribution in [3.63, 3.8) is 0 Å². The van der Waals surface area contributed by atoms with Gasteiger partial charge in [0.2, 0.25) is 0 Å². The van der Waals surface area contributed by atoms with Crippen molar-refractivity contribution in [1.82, 2.24) is 4.98 Å². The van der Waals surface area contributed by atoms with E-state index in [4.69, 9.17) is 13.8 Å². The zero-order valence-corrected chi connectivity index (χ0v) is 35.8. The van der Waals surface area contributed by atoms with Gasteiger partial charge in [-0.1, -0.05) is 140 Å². The smallest absolute Gasteiger partial charge is 0.143 e. The average Bonchev–Trinajstić information content (AvgIpc) is 3.97. The molecule has 5 nitrogen and oxygen atoms in total. The van der Waals surface area contributed by atoms with Gasteiger partial charge in [0.25, 0.3) is 0 Å². The Hall–Kier alpha value is -8.67. The minimum atomic E-state index is 0.821. The van der Waals surface area contributed by atoms with Gasteiger partial charge in [-0.25, -0.2) is 0 Å². The van der Waals surface area contributed by atoms with Gasteiger partial charge in [-0.2, -0.15) is 0 Å². The molecule has 14 rings (SSSR count). The molecule has 0 fully saturated rings. The van der Waals surface area contributed by atoms with Crippen LogP contribution in [0.2, 0.25) is 0 Å². The van der Waals surface area contributed by atoms with Gasteiger partial charge in [0.15, 0.2) is 0 Å². The van der Waals surface area contributed by atoms with E-state index < -0.39 is 0 Å². The quantitative estimate of drug-likeness (QED) is 0.177. The van der Waals surface area contributed by atoms with E-state index in [9.17, 15) is 0 Å². The fourth-order valence-electron chi connectivity index (χ4n) is 10.7. The topological polar surface area (TPSA) is 45.7 Å². The van der Waals surface area contributed by atoms with Crippen LogP contribution in [0, 0.1) is 0 Å². The summed E-state index contributed by atoms with van der Waals surface area (Å²) in [6.45, 7) is 1.64. The van der Waals surface area contributed by atoms with Crippen LogP contribution < -0.4 is 9.80 Å². The summed E-state index contributed by atoms with van der Waals surface area (Å²) in [6, 6.07) is 74.2. The first-order valence-electron chi connectivity index (χ1n) is 22.6. The number of aromatic nitrogens is 1. The summed E-state index contributed by atoms with van der Waals surface area (Å²) in [5, 5.41) is 4.46. The molecule has 3 aromatic heterocycles. The molecule has 0 bridgehead atoms. The standard InChI is InChI=1S/C61H39N3O2/c1-3-14-40(15-4-1)63-32-33-64(41-16-5-2-6-17-41)56-37-54-53(36-55(56)63)52-35-39(43-21-12-23-50-47-19-8-10-26-58(47)66-61(43)50)28-30-45(52)44-29-27-38(34-51(44)48-24-13-31-62-59(48)54)42-20-11-22-49-46-18-7-9-25-57(46)65-60(42)49/h1-31,34-37H,32-33H2. The molecule has 66 heavy (non-hydrogen) atoms. The molecule has 0 atom stereocenters. The Morgan fingerprint density at radius 1 is 0.333 bits per heavy atom. The van der Waals surface area contributed by atoms with Crippen LogP contribution in [-0.4, -0.2) is 18.1 Å². The van der Waals surface area contributed by atoms with E-state index in [1.807, 2.05) is 18.3 Å². The molecule has 0 saturated carbocycles. The Kier molecular flexibility index (Phi) is 8.04. The summed E-state index contributed by atoms with van der Waals surface area (Å²) in [6.07, 6.45) is 1.94. The van der Waals surface area contributed by atoms with Crippen molar-refractivity contribution < 1.29 is 8.83 Å². The van der Waals surface area contributed by atoms with Crippen LogP contribution in [0.25, 0.3) is 111 Å². The Bertz CT molecular complexity index is 3900. The zero-order valence-electron chi connectivity index (χ0n) is 35.8. The first kappa shape index (κ1) is 36.8. The third-order valence-corrected chi connectivity index (χ3v) is 13.8. The second-order valence-corrected chi connectivity index (χ2v) is 17.3. The molecule has 0 N–H and O–H groups in total. The van der Waals surface area contributed by atoms with E-state index in [2.05, 4.69) is 204 Å². The van der Waals surface area contributed by atoms with E-state index in [0.29, 0.717) is 0 Å². The number of benzene rings is 9. The highest BCUT2D eigenvalue weighted by Gasteiger charge is 2.31. The van der Waals surface area contributed by atoms with Crippen LogP contribution in [0.5, 0.6) is 0 Å². The van der Waals surface area contributed by atoms with E-state index in [1.165, 1.54) is 5.69 Å². The highest BCUT2D eigenvalue weighted by Crippen LogP contribution is 2.54. The molecule has 12 aromatic rings. The SMILES string of the molecule is c1ccc(N2CCN(c3ccccc3)c3cc4c(cc32)-c2cc(-c3cccc5c3oc3ccccc35)ccc2-c2ccc(-c3cccc5c3oc3ccccc35)cc2-c2cccnc2-4)cc1. The van der Waals surface area contributed by atoms with Gasteiger partial charge in [-0.3, -0.25) is 4.98 Å². The molecule has 2 aliphatic rings. The highest BCUT2D eigenvalue weighted by atomic mass is 16.3. The third kappa shape index (κ3) is 5.56. The highest BCUT2D eigenvalue weighted by molar-refractivity contribution is 6.13. The lowest BCUT2D eigenvalue weighted by Gasteiger charge is -2.40. The maximum atomic E-state index is 6.67. The van der Waals surface area contributed by atoms with Crippen molar-refractivity contribution in [3.05, 3.63) is 212 Å². The number of hydrogen-bond acceptors (Lipinski definition) is 5. The Labute approximate surface area is 381 Å². The molecule has 9 aromatic carbocycles. The van der Waals surface area contributed by atoms with Crippen molar-refractivity contribution in [3.8, 4) is 66.9 Å². The molecule has 0 amide bonds. The fraction of sp³-hybridized carbons (Fsp3) is 0.0328. The monoisotopic (exact) mass is 845 g/mol. The first-order chi connectivity index (χ1) is 32.7. The number of hydrogen-bond donors (Lipinski definition) is 0. The molecule has 4 heterocycles. The second-order valence-electron chi connectivity index (χ2n) is 17.3. The van der Waals surface area contributed by atoms with Crippen LogP contribution in [0.4, 0.5) is 22.7 Å². The minimum Gasteiger partial charge on any atom is -0.455 e. The molecule has 1 aliphatic carbocycles. The normalized spacial score (nSPS) is 13.0. The van der Waals surface area contributed by atoms with E-state index in [1.54, 1.807) is 0 Å². The largest absolute Gasteiger partial charge is 0.455 e. The summed E-state index contributed by atoms with van der Waals surface area (Å²) >= 11 is 0. The fourth-order valence-corrected chi connectivity index (χ4v) is 10.7. The van der Waals surface area contributed by atoms with Gasteiger partial charge in [-0.05, 0) is 106 Å². The van der Waals surface area contributed by atoms with Gasteiger partial charge in [-0.15, -0.1) is 0 Å². The van der Waals surface area contributed by atoms with Crippen molar-refractivity contribution >= 4 is 66.6 Å². The number of para-hydroxylation sites is 6. The summed E-state index contributed by atoms with van der Waals surface area (Å²) in [4.78, 5) is 10.3. The zero-order chi connectivity index (χ0) is 43.3. The van der Waals surface area contributed by atoms with Crippen LogP contribution in [0.1, 0.15) is 0 Å².